The fourth-order valence-electron chi connectivity index (χ4n) is 1.94. The third kappa shape index (κ3) is 4.96. The maximum absolute atomic E-state index is 12.6. The molecule has 0 heterocycles. The molecule has 1 aromatic rings. The number of carbonyl (C=O) groups excluding carboxylic acids is 2. The lowest BCUT2D eigenvalue weighted by atomic mass is 10.0. The fraction of sp³-hybridized carbons (Fsp3) is 0.471. The summed E-state index contributed by atoms with van der Waals surface area (Å²) < 4.78 is 10.5. The van der Waals surface area contributed by atoms with Gasteiger partial charge < -0.3 is 9.47 Å². The number of amides is 2. The molecule has 0 unspecified atom stereocenters. The van der Waals surface area contributed by atoms with Gasteiger partial charge in [-0.2, -0.15) is 5.26 Å². The minimum Gasteiger partial charge on any atom is -0.493 e. The molecule has 7 heteroatoms. The van der Waals surface area contributed by atoms with Crippen molar-refractivity contribution in [1.29, 1.82) is 5.26 Å². The van der Waals surface area contributed by atoms with E-state index in [4.69, 9.17) is 9.47 Å². The Morgan fingerprint density at radius 3 is 2.58 bits per heavy atom. The minimum absolute atomic E-state index is 0.160. The van der Waals surface area contributed by atoms with Crippen molar-refractivity contribution < 1.29 is 19.1 Å². The first-order chi connectivity index (χ1) is 11.5. The number of benzene rings is 1. The molecular weight excluding hydrogens is 376 g/mol. The van der Waals surface area contributed by atoms with Gasteiger partial charge in [0.05, 0.1) is 30.4 Å². The van der Waals surface area contributed by atoms with E-state index in [1.807, 2.05) is 13.0 Å². The maximum atomic E-state index is 12.6. The number of hydrogen-bond acceptors (Lipinski definition) is 5. The average Bonchev–Trinajstić information content (AvgIpc) is 2.60. The first-order valence-corrected chi connectivity index (χ1v) is 8.82. The summed E-state index contributed by atoms with van der Waals surface area (Å²) in [5.41, 5.74) is 1.23. The predicted octanol–water partition coefficient (Wildman–Crippen LogP) is 3.86. The molecule has 0 fully saturated rings. The number of nitriles is 1. The Balaban J connectivity index is 3.11. The molecule has 0 radical (unpaired) electrons. The van der Waals surface area contributed by atoms with Crippen LogP contribution in [0.3, 0.4) is 0 Å². The van der Waals surface area contributed by atoms with E-state index in [9.17, 15) is 14.9 Å². The van der Waals surface area contributed by atoms with Crippen molar-refractivity contribution in [2.24, 2.45) is 0 Å². The van der Waals surface area contributed by atoms with Crippen LogP contribution in [-0.4, -0.2) is 37.2 Å². The molecule has 24 heavy (non-hydrogen) atoms. The van der Waals surface area contributed by atoms with E-state index in [2.05, 4.69) is 15.9 Å². The Labute approximate surface area is 150 Å². The molecule has 130 valence electrons. The van der Waals surface area contributed by atoms with Gasteiger partial charge in [-0.1, -0.05) is 29.3 Å². The molecule has 1 aromatic carbocycles. The van der Waals surface area contributed by atoms with Gasteiger partial charge in [-0.25, -0.2) is 9.69 Å². The normalized spacial score (nSPS) is 9.96. The number of nitrogens with zero attached hydrogens (tertiary/aromatic N) is 2. The lowest BCUT2D eigenvalue weighted by molar-refractivity contribution is 0.0703. The zero-order chi connectivity index (χ0) is 18.1. The monoisotopic (exact) mass is 396 g/mol. The second-order valence-corrected chi connectivity index (χ2v) is 5.58. The summed E-state index contributed by atoms with van der Waals surface area (Å²) in [6.07, 6.45) is 0.897. The number of imide groups is 1. The van der Waals surface area contributed by atoms with Crippen molar-refractivity contribution in [3.63, 3.8) is 0 Å². The van der Waals surface area contributed by atoms with E-state index >= 15 is 0 Å². The first kappa shape index (κ1) is 20.0. The number of unbranched alkanes of at least 4 members (excludes halogenated alkanes) is 1. The highest BCUT2D eigenvalue weighted by Gasteiger charge is 2.24. The number of rotatable bonds is 7. The van der Waals surface area contributed by atoms with Crippen LogP contribution in [0.1, 0.15) is 48.2 Å². The summed E-state index contributed by atoms with van der Waals surface area (Å²) in [5, 5.41) is 9.70. The Morgan fingerprint density at radius 2 is 2.04 bits per heavy atom. The Kier molecular flexibility index (Phi) is 8.27. The van der Waals surface area contributed by atoms with E-state index in [-0.39, 0.29) is 12.2 Å². The lowest BCUT2D eigenvalue weighted by Crippen LogP contribution is -2.34. The molecule has 0 aromatic heterocycles. The van der Waals surface area contributed by atoms with Crippen molar-refractivity contribution in [1.82, 2.24) is 4.90 Å². The van der Waals surface area contributed by atoms with Gasteiger partial charge in [0.2, 0.25) is 0 Å². The van der Waals surface area contributed by atoms with Gasteiger partial charge in [0.1, 0.15) is 5.75 Å². The summed E-state index contributed by atoms with van der Waals surface area (Å²) in [4.78, 5) is 25.4. The molecule has 0 aliphatic heterocycles. The molecule has 0 aliphatic rings. The van der Waals surface area contributed by atoms with Gasteiger partial charge in [0.15, 0.2) is 0 Å². The van der Waals surface area contributed by atoms with Gasteiger partial charge >= 0.3 is 6.09 Å². The van der Waals surface area contributed by atoms with Crippen molar-refractivity contribution in [3.8, 4) is 11.8 Å². The van der Waals surface area contributed by atoms with Crippen molar-refractivity contribution in [3.05, 3.63) is 28.8 Å². The van der Waals surface area contributed by atoms with Crippen molar-refractivity contribution >= 4 is 27.9 Å². The summed E-state index contributed by atoms with van der Waals surface area (Å²) in [6.45, 7) is 4.39. The van der Waals surface area contributed by atoms with Crippen LogP contribution >= 0.6 is 15.9 Å². The molecule has 0 spiro atoms. The second kappa shape index (κ2) is 9.93. The molecule has 0 bridgehead atoms. The highest BCUT2D eigenvalue weighted by Crippen LogP contribution is 2.26. The number of carbonyl (C=O) groups is 2. The summed E-state index contributed by atoms with van der Waals surface area (Å²) in [7, 11) is 1.34. The molecular formula is C17H21BrN2O4. The van der Waals surface area contributed by atoms with Gasteiger partial charge in [0, 0.05) is 12.4 Å². The van der Waals surface area contributed by atoms with E-state index in [0.717, 1.165) is 17.7 Å². The molecule has 0 atom stereocenters. The zero-order valence-electron chi connectivity index (χ0n) is 14.1. The number of halogens is 1. The predicted molar refractivity (Wildman–Crippen MR) is 93.3 cm³/mol. The molecule has 0 N–H and O–H groups in total. The molecule has 0 saturated heterocycles. The lowest BCUT2D eigenvalue weighted by Gasteiger charge is -2.18. The zero-order valence-corrected chi connectivity index (χ0v) is 15.7. The van der Waals surface area contributed by atoms with Crippen LogP contribution in [-0.2, 0) is 10.1 Å². The molecule has 1 rings (SSSR count). The van der Waals surface area contributed by atoms with Gasteiger partial charge in [-0.3, -0.25) is 4.79 Å². The Bertz CT molecular complexity index is 640. The molecule has 0 saturated carbocycles. The SMILES string of the molecule is CCCCOC(=O)N(C)C(=O)c1cc(C#N)c(CBr)cc1OCC. The first-order valence-electron chi connectivity index (χ1n) is 7.70. The number of alkyl halides is 1. The second-order valence-electron chi connectivity index (χ2n) is 5.02. The van der Waals surface area contributed by atoms with Crippen molar-refractivity contribution in [2.75, 3.05) is 20.3 Å². The van der Waals surface area contributed by atoms with Crippen molar-refractivity contribution in [2.45, 2.75) is 32.0 Å². The third-order valence-corrected chi connectivity index (χ3v) is 3.91. The van der Waals surface area contributed by atoms with Crippen LogP contribution in [0.15, 0.2) is 12.1 Å². The van der Waals surface area contributed by atoms with Crippen LogP contribution < -0.4 is 4.74 Å². The quantitative estimate of drug-likeness (QED) is 0.516. The third-order valence-electron chi connectivity index (χ3n) is 3.30. The fourth-order valence-corrected chi connectivity index (χ4v) is 2.41. The smallest absolute Gasteiger partial charge is 0.416 e. The molecule has 2 amide bonds. The highest BCUT2D eigenvalue weighted by molar-refractivity contribution is 9.08. The Morgan fingerprint density at radius 1 is 1.33 bits per heavy atom. The van der Waals surface area contributed by atoms with E-state index in [1.54, 1.807) is 13.0 Å². The summed E-state index contributed by atoms with van der Waals surface area (Å²) in [6, 6.07) is 5.13. The van der Waals surface area contributed by atoms with Gasteiger partial charge in [-0.15, -0.1) is 0 Å². The number of hydrogen-bond donors (Lipinski definition) is 0. The topological polar surface area (TPSA) is 79.6 Å². The average molecular weight is 397 g/mol. The minimum atomic E-state index is -0.723. The van der Waals surface area contributed by atoms with E-state index < -0.39 is 12.0 Å². The van der Waals surface area contributed by atoms with Gasteiger partial charge in [-0.05, 0) is 31.0 Å². The standard InChI is InChI=1S/C17H21BrN2O4/c1-4-6-7-24-17(22)20(3)16(21)14-8-13(11-19)12(10-18)9-15(14)23-5-2/h8-9H,4-7,10H2,1-3H3. The Hall–Kier alpha value is -2.07. The summed E-state index contributed by atoms with van der Waals surface area (Å²) >= 11 is 3.31. The molecule has 0 aliphatic carbocycles. The van der Waals surface area contributed by atoms with E-state index in [1.165, 1.54) is 13.1 Å². The van der Waals surface area contributed by atoms with Crippen LogP contribution in [0.25, 0.3) is 0 Å². The van der Waals surface area contributed by atoms with E-state index in [0.29, 0.717) is 28.8 Å². The van der Waals surface area contributed by atoms with Crippen LogP contribution in [0.2, 0.25) is 0 Å². The number of ether oxygens (including phenoxy) is 2. The highest BCUT2D eigenvalue weighted by atomic mass is 79.9. The van der Waals surface area contributed by atoms with Gasteiger partial charge in [0.25, 0.3) is 5.91 Å². The largest absolute Gasteiger partial charge is 0.493 e. The summed E-state index contributed by atoms with van der Waals surface area (Å²) in [5.74, 6) is -0.235. The van der Waals surface area contributed by atoms with Crippen LogP contribution in [0, 0.1) is 11.3 Å². The van der Waals surface area contributed by atoms with Crippen LogP contribution in [0.5, 0.6) is 5.75 Å². The maximum Gasteiger partial charge on any atom is 0.416 e. The van der Waals surface area contributed by atoms with Crippen LogP contribution in [0.4, 0.5) is 4.79 Å². The molecule has 6 nitrogen and oxygen atoms in total.